The third kappa shape index (κ3) is 5.50. The van der Waals surface area contributed by atoms with Crippen LogP contribution < -0.4 is 5.32 Å². The van der Waals surface area contributed by atoms with Crippen LogP contribution in [0.1, 0.15) is 64.6 Å². The van der Waals surface area contributed by atoms with E-state index in [-0.39, 0.29) is 0 Å². The number of esters is 1. The van der Waals surface area contributed by atoms with Crippen molar-refractivity contribution in [2.75, 3.05) is 12.4 Å². The summed E-state index contributed by atoms with van der Waals surface area (Å²) in [6.45, 7) is 17.9. The molecular formula is C37H40N2O4. The van der Waals surface area contributed by atoms with E-state index in [1.54, 1.807) is 0 Å². The van der Waals surface area contributed by atoms with Gasteiger partial charge in [-0.1, -0.05) is 24.3 Å². The van der Waals surface area contributed by atoms with Gasteiger partial charge in [0.1, 0.15) is 11.3 Å². The molecule has 0 bridgehead atoms. The van der Waals surface area contributed by atoms with E-state index in [1.165, 1.54) is 18.2 Å². The molecule has 0 radical (unpaired) electrons. The Hall–Kier alpha value is -4.58. The van der Waals surface area contributed by atoms with Crippen LogP contribution in [0, 0.1) is 41.5 Å². The fourth-order valence-electron chi connectivity index (χ4n) is 5.62. The van der Waals surface area contributed by atoms with Gasteiger partial charge in [-0.3, -0.25) is 5.32 Å². The fraction of sp³-hybridized carbons (Fsp3) is 0.297. The second-order valence-electron chi connectivity index (χ2n) is 12.6. The number of hydrogen-bond acceptors (Lipinski definition) is 4. The van der Waals surface area contributed by atoms with Crippen molar-refractivity contribution >= 4 is 34.0 Å². The van der Waals surface area contributed by atoms with E-state index in [0.717, 1.165) is 49.7 Å². The van der Waals surface area contributed by atoms with Gasteiger partial charge in [0.2, 0.25) is 0 Å². The Bertz CT molecular complexity index is 1940. The first kappa shape index (κ1) is 29.9. The largest absolute Gasteiger partial charge is 0.464 e. The summed E-state index contributed by atoms with van der Waals surface area (Å²) in [5, 5.41) is 5.10. The normalized spacial score (nSPS) is 11.7. The van der Waals surface area contributed by atoms with Crippen molar-refractivity contribution in [1.29, 1.82) is 0 Å². The molecule has 0 saturated heterocycles. The Balaban J connectivity index is 1.99. The van der Waals surface area contributed by atoms with Crippen LogP contribution in [0.2, 0.25) is 0 Å². The quantitative estimate of drug-likeness (QED) is 0.216. The molecule has 0 aliphatic carbocycles. The number of anilines is 1. The summed E-state index contributed by atoms with van der Waals surface area (Å²) in [5.41, 5.74) is 11.1. The monoisotopic (exact) mass is 576 g/mol. The van der Waals surface area contributed by atoms with Gasteiger partial charge in [-0.05, 0) is 131 Å². The molecule has 0 unspecified atom stereocenters. The van der Waals surface area contributed by atoms with E-state index in [0.29, 0.717) is 22.5 Å². The number of pyridine rings is 1. The van der Waals surface area contributed by atoms with Crippen LogP contribution >= 0.6 is 0 Å². The summed E-state index contributed by atoms with van der Waals surface area (Å²) >= 11 is 0. The van der Waals surface area contributed by atoms with Crippen LogP contribution in [-0.4, -0.2) is 29.2 Å². The van der Waals surface area contributed by atoms with E-state index in [9.17, 15) is 9.59 Å². The highest BCUT2D eigenvalue weighted by Gasteiger charge is 2.30. The Morgan fingerprint density at radius 1 is 0.744 bits per heavy atom. The second kappa shape index (κ2) is 10.9. The third-order valence-electron chi connectivity index (χ3n) is 8.24. The van der Waals surface area contributed by atoms with Crippen molar-refractivity contribution in [1.82, 2.24) is 4.40 Å². The minimum Gasteiger partial charge on any atom is -0.464 e. The Morgan fingerprint density at radius 2 is 1.37 bits per heavy atom. The first-order valence-electron chi connectivity index (χ1n) is 14.6. The molecular weight excluding hydrogens is 536 g/mol. The average Bonchev–Trinajstić information content (AvgIpc) is 3.26. The minimum atomic E-state index is -0.675. The molecule has 2 aromatic heterocycles. The lowest BCUT2D eigenvalue weighted by Crippen LogP contribution is -2.27. The van der Waals surface area contributed by atoms with Gasteiger partial charge in [0.05, 0.1) is 18.3 Å². The van der Waals surface area contributed by atoms with E-state index in [4.69, 9.17) is 9.47 Å². The summed E-state index contributed by atoms with van der Waals surface area (Å²) in [5.74, 6) is -0.468. The number of hydrogen-bond donors (Lipinski definition) is 1. The van der Waals surface area contributed by atoms with Gasteiger partial charge >= 0.3 is 12.1 Å². The van der Waals surface area contributed by atoms with Gasteiger partial charge in [0.25, 0.3) is 0 Å². The van der Waals surface area contributed by atoms with Crippen LogP contribution in [-0.2, 0) is 9.47 Å². The number of amides is 1. The molecule has 5 aromatic rings. The molecule has 2 heterocycles. The average molecular weight is 577 g/mol. The molecule has 0 atom stereocenters. The maximum Gasteiger partial charge on any atom is 0.412 e. The van der Waals surface area contributed by atoms with Crippen molar-refractivity contribution in [2.24, 2.45) is 0 Å². The highest BCUT2D eigenvalue weighted by Crippen LogP contribution is 2.46. The van der Waals surface area contributed by atoms with Crippen LogP contribution in [0.15, 0.2) is 54.7 Å². The van der Waals surface area contributed by atoms with Crippen LogP contribution in [0.3, 0.4) is 0 Å². The first-order chi connectivity index (χ1) is 20.2. The number of rotatable bonds is 4. The highest BCUT2D eigenvalue weighted by molar-refractivity contribution is 6.15. The van der Waals surface area contributed by atoms with Crippen molar-refractivity contribution in [2.45, 2.75) is 67.9 Å². The molecule has 0 spiro atoms. The molecule has 6 nitrogen and oxygen atoms in total. The van der Waals surface area contributed by atoms with Crippen LogP contribution in [0.4, 0.5) is 10.5 Å². The molecule has 6 heteroatoms. The SMILES string of the molecule is COC(=O)c1c(-c2cc(C)c(C)cc2NC(=O)OC(C)(C)C)c(-c2ccc(C)c(C)c2)c2c3cc(C)c(C)cc3ccn12. The standard InChI is InChI=1S/C37H40N2O4/c1-20-11-12-27(16-21(20)2)31-32(29-18-24(5)25(6)19-30(29)38-36(41)43-37(7,8)9)34(35(40)42-10)39-14-13-26-15-22(3)23(4)17-28(26)33(31)39/h11-19H,1-10H3,(H,38,41). The lowest BCUT2D eigenvalue weighted by atomic mass is 9.90. The van der Waals surface area contributed by atoms with Crippen molar-refractivity contribution in [3.63, 3.8) is 0 Å². The maximum absolute atomic E-state index is 13.8. The summed E-state index contributed by atoms with van der Waals surface area (Å²) in [6, 6.07) is 16.8. The first-order valence-corrected chi connectivity index (χ1v) is 14.6. The molecule has 3 aromatic carbocycles. The number of benzene rings is 3. The lowest BCUT2D eigenvalue weighted by molar-refractivity contribution is 0.0592. The van der Waals surface area contributed by atoms with Gasteiger partial charge < -0.3 is 13.9 Å². The Morgan fingerprint density at radius 3 is 2.02 bits per heavy atom. The number of methoxy groups -OCH3 is 1. The zero-order chi connectivity index (χ0) is 31.4. The molecule has 0 aliphatic rings. The molecule has 0 fully saturated rings. The number of carbonyl (C=O) groups excluding carboxylic acids is 2. The number of nitrogens with one attached hydrogen (secondary N) is 1. The number of fused-ring (bicyclic) bond motifs is 3. The number of carbonyl (C=O) groups is 2. The molecule has 5 rings (SSSR count). The highest BCUT2D eigenvalue weighted by atomic mass is 16.6. The Labute approximate surface area is 253 Å². The number of ether oxygens (including phenoxy) is 2. The molecule has 1 amide bonds. The van der Waals surface area contributed by atoms with Gasteiger partial charge in [0, 0.05) is 28.3 Å². The van der Waals surface area contributed by atoms with Crippen LogP contribution in [0.25, 0.3) is 38.5 Å². The summed E-state index contributed by atoms with van der Waals surface area (Å²) < 4.78 is 13.0. The predicted octanol–water partition coefficient (Wildman–Crippen LogP) is 9.41. The molecule has 0 saturated carbocycles. The van der Waals surface area contributed by atoms with Crippen molar-refractivity contribution in [3.8, 4) is 22.3 Å². The molecule has 222 valence electrons. The topological polar surface area (TPSA) is 69.0 Å². The van der Waals surface area contributed by atoms with Gasteiger partial charge in [0.15, 0.2) is 0 Å². The summed E-state index contributed by atoms with van der Waals surface area (Å²) in [7, 11) is 1.40. The predicted molar refractivity (Wildman–Crippen MR) is 175 cm³/mol. The number of aromatic nitrogens is 1. The maximum atomic E-state index is 13.8. The minimum absolute atomic E-state index is 0.390. The van der Waals surface area contributed by atoms with E-state index < -0.39 is 17.7 Å². The smallest absolute Gasteiger partial charge is 0.412 e. The van der Waals surface area contributed by atoms with Crippen molar-refractivity contribution in [3.05, 3.63) is 93.8 Å². The molecule has 0 aliphatic heterocycles. The summed E-state index contributed by atoms with van der Waals surface area (Å²) in [4.78, 5) is 26.9. The van der Waals surface area contributed by atoms with Crippen LogP contribution in [0.5, 0.6) is 0 Å². The van der Waals surface area contributed by atoms with E-state index >= 15 is 0 Å². The summed E-state index contributed by atoms with van der Waals surface area (Å²) in [6.07, 6.45) is 1.37. The lowest BCUT2D eigenvalue weighted by Gasteiger charge is -2.21. The zero-order valence-corrected chi connectivity index (χ0v) is 26.8. The van der Waals surface area contributed by atoms with Gasteiger partial charge in [-0.25, -0.2) is 9.59 Å². The third-order valence-corrected chi connectivity index (χ3v) is 8.24. The van der Waals surface area contributed by atoms with E-state index in [2.05, 4.69) is 63.3 Å². The molecule has 43 heavy (non-hydrogen) atoms. The zero-order valence-electron chi connectivity index (χ0n) is 26.8. The van der Waals surface area contributed by atoms with Gasteiger partial charge in [-0.2, -0.15) is 0 Å². The number of aryl methyl sites for hydroxylation is 6. The second-order valence-corrected chi connectivity index (χ2v) is 12.6. The van der Waals surface area contributed by atoms with Gasteiger partial charge in [-0.15, -0.1) is 0 Å². The molecule has 1 N–H and O–H groups in total. The Kier molecular flexibility index (Phi) is 7.59. The van der Waals surface area contributed by atoms with E-state index in [1.807, 2.05) is 63.4 Å². The fourth-order valence-corrected chi connectivity index (χ4v) is 5.62. The number of nitrogens with zero attached hydrogens (tertiary/aromatic N) is 1. The van der Waals surface area contributed by atoms with Crippen molar-refractivity contribution < 1.29 is 19.1 Å².